The monoisotopic (exact) mass is 431 g/mol. The van der Waals surface area contributed by atoms with Crippen LogP contribution in [-0.2, 0) is 11.8 Å². The van der Waals surface area contributed by atoms with Gasteiger partial charge >= 0.3 is 0 Å². The van der Waals surface area contributed by atoms with Gasteiger partial charge in [-0.3, -0.25) is 10.1 Å². The number of non-ortho nitro benzene ring substituents is 1. The average Bonchev–Trinajstić information content (AvgIpc) is 3.06. The predicted octanol–water partition coefficient (Wildman–Crippen LogP) is 6.69. The van der Waals surface area contributed by atoms with Crippen LogP contribution < -0.4 is 0 Å². The summed E-state index contributed by atoms with van der Waals surface area (Å²) in [6, 6.07) is 28.2. The van der Waals surface area contributed by atoms with E-state index < -0.39 is 15.6 Å². The summed E-state index contributed by atoms with van der Waals surface area (Å²) in [6.07, 6.45) is 0. The van der Waals surface area contributed by atoms with Crippen LogP contribution in [0, 0.1) is 10.1 Å². The quantitative estimate of drug-likeness (QED) is 0.216. The van der Waals surface area contributed by atoms with Gasteiger partial charge in [0, 0.05) is 27.7 Å². The van der Waals surface area contributed by atoms with Gasteiger partial charge in [0.15, 0.2) is 0 Å². The molecule has 0 radical (unpaired) electrons. The van der Waals surface area contributed by atoms with Crippen LogP contribution in [0.2, 0.25) is 0 Å². The minimum Gasteiger partial charge on any atom is -0.258 e. The number of hydrogen-bond donors (Lipinski definition) is 1. The van der Waals surface area contributed by atoms with Crippen LogP contribution in [0.3, 0.4) is 0 Å². The Hall–Kier alpha value is -1.59. The van der Waals surface area contributed by atoms with Gasteiger partial charge in [-0.1, -0.05) is 72.5 Å². The van der Waals surface area contributed by atoms with E-state index in [1.54, 1.807) is 12.1 Å². The number of rotatable bonds is 4. The zero-order valence-corrected chi connectivity index (χ0v) is 17.8. The number of nitrogens with zero attached hydrogens (tertiary/aromatic N) is 1. The lowest BCUT2D eigenvalue weighted by Gasteiger charge is -2.28. The summed E-state index contributed by atoms with van der Waals surface area (Å²) in [5.74, 6) is 0. The summed E-state index contributed by atoms with van der Waals surface area (Å²) in [5.41, 5.74) is 2.76. The Morgan fingerprint density at radius 1 is 0.889 bits per heavy atom. The molecule has 1 fully saturated rings. The van der Waals surface area contributed by atoms with E-state index in [0.717, 1.165) is 0 Å². The third kappa shape index (κ3) is 3.85. The van der Waals surface area contributed by atoms with Crippen LogP contribution in [0.15, 0.2) is 89.8 Å². The van der Waals surface area contributed by atoms with Gasteiger partial charge in [-0.25, -0.2) is 0 Å². The summed E-state index contributed by atoms with van der Waals surface area (Å²) in [4.78, 5) is 11.8. The molecule has 0 N–H and O–H groups in total. The molecule has 0 bridgehead atoms. The zero-order chi connectivity index (χ0) is 18.8. The van der Waals surface area contributed by atoms with Crippen molar-refractivity contribution in [3.05, 3.63) is 106 Å². The van der Waals surface area contributed by atoms with Crippen LogP contribution in [0.5, 0.6) is 0 Å². The van der Waals surface area contributed by atoms with E-state index in [1.165, 1.54) is 16.0 Å². The maximum Gasteiger partial charge on any atom is 0.269 e. The van der Waals surface area contributed by atoms with Crippen LogP contribution in [-0.4, -0.2) is 4.92 Å². The maximum atomic E-state index is 11.0. The van der Waals surface area contributed by atoms with Gasteiger partial charge in [0.1, 0.15) is 0 Å². The fourth-order valence-electron chi connectivity index (χ4n) is 3.35. The van der Waals surface area contributed by atoms with Crippen LogP contribution in [0.1, 0.15) is 21.6 Å². The highest BCUT2D eigenvalue weighted by molar-refractivity contribution is 9.00. The van der Waals surface area contributed by atoms with Crippen LogP contribution in [0.25, 0.3) is 0 Å². The first-order valence-corrected chi connectivity index (χ1v) is 15.0. The van der Waals surface area contributed by atoms with Crippen molar-refractivity contribution in [1.82, 2.24) is 0 Å². The van der Waals surface area contributed by atoms with Gasteiger partial charge in [0.2, 0.25) is 0 Å². The SMILES string of the molecule is O=[N+]([O-])c1ccc([SH]2[C@H](c3ccccc3)[C@H](c3ccccc3)S[PH]2=S)cc1. The van der Waals surface area contributed by atoms with E-state index in [0.29, 0.717) is 10.5 Å². The van der Waals surface area contributed by atoms with E-state index in [4.69, 9.17) is 11.8 Å². The second-order valence-corrected chi connectivity index (χ2v) is 17.8. The fourth-order valence-corrected chi connectivity index (χ4v) is 19.0. The third-order valence-corrected chi connectivity index (χ3v) is 17.7. The number of nitro benzene ring substituents is 1. The molecule has 0 saturated carbocycles. The lowest BCUT2D eigenvalue weighted by atomic mass is 10.0. The Balaban J connectivity index is 1.79. The molecule has 0 amide bonds. The van der Waals surface area contributed by atoms with Crippen molar-refractivity contribution in [2.45, 2.75) is 15.4 Å². The molecule has 1 aliphatic heterocycles. The van der Waals surface area contributed by atoms with Crippen molar-refractivity contribution in [3.63, 3.8) is 0 Å². The molecule has 0 aromatic heterocycles. The molecule has 3 aromatic rings. The molecule has 4 atom stereocenters. The van der Waals surface area contributed by atoms with Crippen molar-refractivity contribution in [2.24, 2.45) is 0 Å². The van der Waals surface area contributed by atoms with Crippen molar-refractivity contribution in [1.29, 1.82) is 0 Å². The van der Waals surface area contributed by atoms with Gasteiger partial charge in [-0.15, -0.1) is 11.4 Å². The minimum absolute atomic E-state index is 0.134. The van der Waals surface area contributed by atoms with Crippen molar-refractivity contribution in [2.75, 3.05) is 0 Å². The van der Waals surface area contributed by atoms with Gasteiger partial charge in [0.25, 0.3) is 5.69 Å². The minimum atomic E-state index is -1.08. The number of benzene rings is 3. The fraction of sp³-hybridized carbons (Fsp3) is 0.100. The highest BCUT2D eigenvalue weighted by Gasteiger charge is 2.40. The highest BCUT2D eigenvalue weighted by atomic mass is 33.2. The molecule has 3 nitrogen and oxygen atoms in total. The normalized spacial score (nSPS) is 25.9. The van der Waals surface area contributed by atoms with Crippen LogP contribution in [0.4, 0.5) is 5.69 Å². The molecule has 3 aromatic carbocycles. The number of hydrogen-bond acceptors (Lipinski definition) is 4. The van der Waals surface area contributed by atoms with E-state index in [9.17, 15) is 10.1 Å². The summed E-state index contributed by atoms with van der Waals surface area (Å²) < 4.78 is 0. The molecule has 4 rings (SSSR count). The van der Waals surface area contributed by atoms with Crippen molar-refractivity contribution >= 4 is 44.5 Å². The summed E-state index contributed by atoms with van der Waals surface area (Å²) in [5, 5.41) is 10.6. The average molecular weight is 432 g/mol. The number of thiol groups is 1. The molecular formula is C20H18NO2PS3. The first kappa shape index (κ1) is 18.8. The van der Waals surface area contributed by atoms with Gasteiger partial charge in [0.05, 0.1) is 4.92 Å². The molecule has 1 heterocycles. The molecule has 138 valence electrons. The van der Waals surface area contributed by atoms with Crippen molar-refractivity contribution < 1.29 is 4.92 Å². The molecule has 2 unspecified atom stereocenters. The smallest absolute Gasteiger partial charge is 0.258 e. The molecule has 1 saturated heterocycles. The predicted molar refractivity (Wildman–Crippen MR) is 122 cm³/mol. The second kappa shape index (κ2) is 8.19. The van der Waals surface area contributed by atoms with E-state index in [2.05, 4.69) is 48.5 Å². The first-order valence-electron chi connectivity index (χ1n) is 8.49. The third-order valence-electron chi connectivity index (χ3n) is 4.60. The standard InChI is InChI=1S/C20H18NO2PS3/c22-21(23)17-11-13-18(14-12-17)27-20(16-9-5-2-6-10-16)19(26-24(27)25)15-7-3-1-4-8-15/h1-14,19-20,24,27H/t19-,20+/m0/s1. The molecule has 1 aliphatic rings. The summed E-state index contributed by atoms with van der Waals surface area (Å²) in [7, 11) is -0.579. The Labute approximate surface area is 170 Å². The van der Waals surface area contributed by atoms with E-state index in [1.807, 2.05) is 35.6 Å². The topological polar surface area (TPSA) is 43.1 Å². The second-order valence-electron chi connectivity index (χ2n) is 6.21. The number of nitro groups is 1. The molecule has 7 heteroatoms. The molecular weight excluding hydrogens is 413 g/mol. The molecule has 27 heavy (non-hydrogen) atoms. The lowest BCUT2D eigenvalue weighted by Crippen LogP contribution is -2.03. The first-order chi connectivity index (χ1) is 13.1. The Bertz CT molecular complexity index is 968. The van der Waals surface area contributed by atoms with Crippen LogP contribution >= 0.6 is 27.0 Å². The Morgan fingerprint density at radius 2 is 1.44 bits per heavy atom. The van der Waals surface area contributed by atoms with E-state index >= 15 is 0 Å². The highest BCUT2D eigenvalue weighted by Crippen LogP contribution is 2.84. The Kier molecular flexibility index (Phi) is 5.69. The maximum absolute atomic E-state index is 11.0. The summed E-state index contributed by atoms with van der Waals surface area (Å²) in [6.45, 7) is 0. The molecule has 0 aliphatic carbocycles. The Morgan fingerprint density at radius 3 is 2.00 bits per heavy atom. The van der Waals surface area contributed by atoms with E-state index in [-0.39, 0.29) is 10.6 Å². The zero-order valence-electron chi connectivity index (χ0n) is 14.3. The largest absolute Gasteiger partial charge is 0.269 e. The van der Waals surface area contributed by atoms with Gasteiger partial charge in [-0.05, 0) is 28.2 Å². The van der Waals surface area contributed by atoms with Gasteiger partial charge < -0.3 is 0 Å². The molecule has 0 spiro atoms. The van der Waals surface area contributed by atoms with Gasteiger partial charge in [-0.2, -0.15) is 10.5 Å². The summed E-state index contributed by atoms with van der Waals surface area (Å²) >= 11 is 7.95. The lowest BCUT2D eigenvalue weighted by molar-refractivity contribution is -0.384. The van der Waals surface area contributed by atoms with Crippen molar-refractivity contribution in [3.8, 4) is 0 Å².